The molecular formula is C30H34N2O2. The van der Waals surface area contributed by atoms with Gasteiger partial charge in [-0.05, 0) is 81.0 Å². The van der Waals surface area contributed by atoms with Crippen molar-refractivity contribution >= 4 is 16.8 Å². The lowest BCUT2D eigenvalue weighted by molar-refractivity contribution is -0.146. The number of hydrogen-bond acceptors (Lipinski definition) is 3. The van der Waals surface area contributed by atoms with Gasteiger partial charge in [-0.1, -0.05) is 48.0 Å². The number of carbonyl (C=O) groups excluding carboxylic acids is 1. The van der Waals surface area contributed by atoms with E-state index in [1.165, 1.54) is 22.1 Å². The monoisotopic (exact) mass is 454 g/mol. The van der Waals surface area contributed by atoms with Gasteiger partial charge in [0.05, 0.1) is 10.9 Å². The molecule has 0 aliphatic carbocycles. The smallest absolute Gasteiger partial charge is 0.233 e. The number of amides is 1. The average molecular weight is 455 g/mol. The maximum absolute atomic E-state index is 14.3. The van der Waals surface area contributed by atoms with Crippen molar-refractivity contribution in [2.45, 2.75) is 69.4 Å². The van der Waals surface area contributed by atoms with Gasteiger partial charge >= 0.3 is 0 Å². The molecule has 34 heavy (non-hydrogen) atoms. The first kappa shape index (κ1) is 21.8. The van der Waals surface area contributed by atoms with Crippen molar-refractivity contribution in [2.24, 2.45) is 5.92 Å². The van der Waals surface area contributed by atoms with E-state index >= 15 is 0 Å². The van der Waals surface area contributed by atoms with Crippen molar-refractivity contribution < 1.29 is 9.53 Å². The van der Waals surface area contributed by atoms with E-state index in [4.69, 9.17) is 4.74 Å². The van der Waals surface area contributed by atoms with Gasteiger partial charge in [-0.15, -0.1) is 0 Å². The Kier molecular flexibility index (Phi) is 5.65. The predicted molar refractivity (Wildman–Crippen MR) is 135 cm³/mol. The zero-order valence-corrected chi connectivity index (χ0v) is 20.1. The summed E-state index contributed by atoms with van der Waals surface area (Å²) in [5.74, 6) is 0.984. The van der Waals surface area contributed by atoms with Crippen LogP contribution in [0.25, 0.3) is 10.9 Å². The maximum atomic E-state index is 14.3. The molecule has 4 nitrogen and oxygen atoms in total. The van der Waals surface area contributed by atoms with Gasteiger partial charge in [0, 0.05) is 36.9 Å². The lowest BCUT2D eigenvalue weighted by atomic mass is 9.71. The molecule has 0 unspecified atom stereocenters. The van der Waals surface area contributed by atoms with Crippen LogP contribution in [0.5, 0.6) is 0 Å². The Bertz CT molecular complexity index is 1160. The summed E-state index contributed by atoms with van der Waals surface area (Å²) in [5.41, 5.74) is 4.46. The van der Waals surface area contributed by atoms with Crippen LogP contribution in [-0.2, 0) is 21.4 Å². The summed E-state index contributed by atoms with van der Waals surface area (Å²) in [4.78, 5) is 21.2. The minimum Gasteiger partial charge on any atom is -0.381 e. The summed E-state index contributed by atoms with van der Waals surface area (Å²) >= 11 is 0. The van der Waals surface area contributed by atoms with Crippen molar-refractivity contribution in [3.8, 4) is 0 Å². The van der Waals surface area contributed by atoms with E-state index in [1.54, 1.807) is 0 Å². The summed E-state index contributed by atoms with van der Waals surface area (Å²) in [7, 11) is 0. The summed E-state index contributed by atoms with van der Waals surface area (Å²) in [6.45, 7) is 3.44. The summed E-state index contributed by atoms with van der Waals surface area (Å²) in [5, 5.41) is 1.27. The molecule has 3 aliphatic rings. The number of piperidine rings is 1. The second-order valence-electron chi connectivity index (χ2n) is 10.7. The summed E-state index contributed by atoms with van der Waals surface area (Å²) in [6.07, 6.45) is 9.04. The Balaban J connectivity index is 1.24. The highest BCUT2D eigenvalue weighted by atomic mass is 16.5. The van der Waals surface area contributed by atoms with Gasteiger partial charge in [0.1, 0.15) is 0 Å². The van der Waals surface area contributed by atoms with Crippen LogP contribution < -0.4 is 0 Å². The molecular weight excluding hydrogens is 420 g/mol. The maximum Gasteiger partial charge on any atom is 0.233 e. The molecule has 1 amide bonds. The first-order chi connectivity index (χ1) is 16.6. The zero-order chi connectivity index (χ0) is 23.1. The van der Waals surface area contributed by atoms with E-state index in [-0.39, 0.29) is 0 Å². The summed E-state index contributed by atoms with van der Waals surface area (Å²) in [6, 6.07) is 20.1. The molecule has 4 heteroatoms. The number of fused-ring (bicyclic) bond motifs is 3. The van der Waals surface area contributed by atoms with Crippen molar-refractivity contribution in [1.29, 1.82) is 0 Å². The first-order valence-electron chi connectivity index (χ1n) is 12.9. The highest BCUT2D eigenvalue weighted by molar-refractivity contribution is 5.89. The third kappa shape index (κ3) is 3.73. The van der Waals surface area contributed by atoms with Crippen LogP contribution in [0.15, 0.2) is 60.8 Å². The zero-order valence-electron chi connectivity index (χ0n) is 20.1. The molecule has 2 aromatic carbocycles. The lowest BCUT2D eigenvalue weighted by Crippen LogP contribution is -2.56. The van der Waals surface area contributed by atoms with Crippen LogP contribution in [0.4, 0.5) is 0 Å². The quantitative estimate of drug-likeness (QED) is 0.515. The largest absolute Gasteiger partial charge is 0.381 e. The van der Waals surface area contributed by atoms with E-state index in [0.29, 0.717) is 37.1 Å². The topological polar surface area (TPSA) is 42.4 Å². The van der Waals surface area contributed by atoms with Gasteiger partial charge in [-0.2, -0.15) is 0 Å². The van der Waals surface area contributed by atoms with Gasteiger partial charge in [-0.3, -0.25) is 9.78 Å². The van der Waals surface area contributed by atoms with Crippen LogP contribution >= 0.6 is 0 Å². The minimum absolute atomic E-state index is 0.361. The van der Waals surface area contributed by atoms with E-state index in [0.717, 1.165) is 50.5 Å². The molecule has 3 saturated heterocycles. The average Bonchev–Trinajstić information content (AvgIpc) is 3.14. The van der Waals surface area contributed by atoms with Crippen LogP contribution in [0.1, 0.15) is 55.2 Å². The number of carbonyl (C=O) groups is 1. The van der Waals surface area contributed by atoms with Gasteiger partial charge in [0.2, 0.25) is 5.91 Å². The second kappa shape index (κ2) is 8.81. The molecule has 0 N–H and O–H groups in total. The van der Waals surface area contributed by atoms with Crippen molar-refractivity contribution in [1.82, 2.24) is 9.88 Å². The molecule has 0 radical (unpaired) electrons. The third-order valence-corrected chi connectivity index (χ3v) is 8.67. The van der Waals surface area contributed by atoms with E-state index < -0.39 is 5.41 Å². The predicted octanol–water partition coefficient (Wildman–Crippen LogP) is 5.60. The van der Waals surface area contributed by atoms with E-state index in [9.17, 15) is 4.79 Å². The number of hydrogen-bond donors (Lipinski definition) is 0. The number of ether oxygens (including phenoxy) is 1. The first-order valence-corrected chi connectivity index (χ1v) is 12.9. The number of rotatable bonds is 4. The SMILES string of the molecule is Cc1ccc(C2(C(=O)N3[C@H]4CC[C@H]3CC(Cc3cccc5ncccc35)C4)CCOCC2)cc1. The fourth-order valence-electron chi connectivity index (χ4n) is 6.91. The molecule has 1 aromatic heterocycles. The fraction of sp³-hybridized carbons (Fsp3) is 0.467. The number of benzene rings is 2. The van der Waals surface area contributed by atoms with Crippen LogP contribution in [0, 0.1) is 12.8 Å². The standard InChI is InChI=1S/C30H34N2O2/c1-21-7-9-24(10-8-21)30(13-16-34-17-14-30)29(33)32-25-11-12-26(32)20-22(19-25)18-23-4-2-6-28-27(23)5-3-15-31-28/h2-10,15,22,25-26H,11-14,16-20H2,1H3/t25-,26-/m0/s1. The molecule has 0 saturated carbocycles. The molecule has 4 heterocycles. The van der Waals surface area contributed by atoms with Gasteiger partial charge < -0.3 is 9.64 Å². The Morgan fingerprint density at radius 3 is 2.47 bits per heavy atom. The second-order valence-corrected chi connectivity index (χ2v) is 10.7. The summed E-state index contributed by atoms with van der Waals surface area (Å²) < 4.78 is 5.72. The van der Waals surface area contributed by atoms with Gasteiger partial charge in [0.15, 0.2) is 0 Å². The van der Waals surface area contributed by atoms with E-state index in [1.807, 2.05) is 12.3 Å². The van der Waals surface area contributed by atoms with Crippen LogP contribution in [-0.4, -0.2) is 41.1 Å². The van der Waals surface area contributed by atoms with Crippen LogP contribution in [0.3, 0.4) is 0 Å². The molecule has 3 fully saturated rings. The van der Waals surface area contributed by atoms with Gasteiger partial charge in [0.25, 0.3) is 0 Å². The highest BCUT2D eigenvalue weighted by Crippen LogP contribution is 2.45. The molecule has 3 aliphatic heterocycles. The molecule has 2 atom stereocenters. The molecule has 176 valence electrons. The van der Waals surface area contributed by atoms with Gasteiger partial charge in [-0.25, -0.2) is 0 Å². The highest BCUT2D eigenvalue weighted by Gasteiger charge is 2.51. The van der Waals surface area contributed by atoms with Crippen molar-refractivity contribution in [2.75, 3.05) is 13.2 Å². The minimum atomic E-state index is -0.430. The van der Waals surface area contributed by atoms with Crippen molar-refractivity contribution in [3.63, 3.8) is 0 Å². The molecule has 2 bridgehead atoms. The molecule has 0 spiro atoms. The Hall–Kier alpha value is -2.72. The lowest BCUT2D eigenvalue weighted by Gasteiger charge is -2.46. The number of pyridine rings is 1. The third-order valence-electron chi connectivity index (χ3n) is 8.67. The molecule has 3 aromatic rings. The number of aromatic nitrogens is 1. The Morgan fingerprint density at radius 1 is 1.00 bits per heavy atom. The fourth-order valence-corrected chi connectivity index (χ4v) is 6.91. The Labute approximate surface area is 202 Å². The Morgan fingerprint density at radius 2 is 1.74 bits per heavy atom. The number of nitrogens with zero attached hydrogens (tertiary/aromatic N) is 2. The van der Waals surface area contributed by atoms with Crippen molar-refractivity contribution in [3.05, 3.63) is 77.5 Å². The van der Waals surface area contributed by atoms with E-state index in [2.05, 4.69) is 65.3 Å². The molecule has 6 rings (SSSR count). The number of aryl methyl sites for hydroxylation is 1. The normalized spacial score (nSPS) is 26.0. The van der Waals surface area contributed by atoms with Crippen LogP contribution in [0.2, 0.25) is 0 Å².